The van der Waals surface area contributed by atoms with E-state index in [1.54, 1.807) is 38.5 Å². The Bertz CT molecular complexity index is 1340. The lowest BCUT2D eigenvalue weighted by Gasteiger charge is -2.30. The molecule has 1 fully saturated rings. The standard InChI is InChI=1S/C30H38N6O4/c1-19-31-27(18-28(32-19)36(2)3)33-21-10-12-22(13-11-21)34-30(38)24-9-7-6-8-20(24)16-29(37)35-25-17-23(39-4)14-15-26(25)40-5/h6-9,14-15,17-18,21-22H,10-13,16H2,1-5H3,(H,34,38)(H,35,37)(H,31,32,33). The highest BCUT2D eigenvalue weighted by Gasteiger charge is 2.24. The zero-order valence-corrected chi connectivity index (χ0v) is 23.8. The Morgan fingerprint density at radius 3 is 2.38 bits per heavy atom. The SMILES string of the molecule is COc1ccc(OC)c(NC(=O)Cc2ccccc2C(=O)NC2CCC(Nc3cc(N(C)C)nc(C)n3)CC2)c1. The van der Waals surface area contributed by atoms with E-state index < -0.39 is 0 Å². The maximum atomic E-state index is 13.3. The summed E-state index contributed by atoms with van der Waals surface area (Å²) in [7, 11) is 7.02. The second-order valence-corrected chi connectivity index (χ2v) is 10.2. The van der Waals surface area contributed by atoms with Gasteiger partial charge >= 0.3 is 0 Å². The fourth-order valence-electron chi connectivity index (χ4n) is 4.88. The zero-order valence-electron chi connectivity index (χ0n) is 23.8. The molecule has 1 aliphatic carbocycles. The van der Waals surface area contributed by atoms with Crippen LogP contribution < -0.4 is 30.3 Å². The molecule has 1 aromatic heterocycles. The molecule has 40 heavy (non-hydrogen) atoms. The third-order valence-corrected chi connectivity index (χ3v) is 6.99. The third kappa shape index (κ3) is 7.40. The Labute approximate surface area is 235 Å². The van der Waals surface area contributed by atoms with Crippen LogP contribution in [0.25, 0.3) is 0 Å². The molecular formula is C30H38N6O4. The molecular weight excluding hydrogens is 508 g/mol. The zero-order chi connectivity index (χ0) is 28.6. The van der Waals surface area contributed by atoms with Gasteiger partial charge in [0.15, 0.2) is 0 Å². The average molecular weight is 547 g/mol. The molecule has 2 aromatic carbocycles. The van der Waals surface area contributed by atoms with Gasteiger partial charge in [0.1, 0.15) is 29.0 Å². The van der Waals surface area contributed by atoms with Crippen molar-refractivity contribution in [2.45, 2.75) is 51.1 Å². The normalized spacial score (nSPS) is 16.5. The number of nitrogens with one attached hydrogen (secondary N) is 3. The Morgan fingerprint density at radius 2 is 1.68 bits per heavy atom. The second-order valence-electron chi connectivity index (χ2n) is 10.2. The summed E-state index contributed by atoms with van der Waals surface area (Å²) in [5.74, 6) is 3.12. The molecule has 212 valence electrons. The molecule has 2 amide bonds. The molecule has 0 unspecified atom stereocenters. The predicted octanol–water partition coefficient (Wildman–Crippen LogP) is 4.20. The summed E-state index contributed by atoms with van der Waals surface area (Å²) in [6.45, 7) is 1.89. The lowest BCUT2D eigenvalue weighted by Crippen LogP contribution is -2.40. The molecule has 0 atom stereocenters. The van der Waals surface area contributed by atoms with Crippen LogP contribution in [0.4, 0.5) is 17.3 Å². The van der Waals surface area contributed by atoms with Crippen LogP contribution in [0.1, 0.15) is 47.4 Å². The lowest BCUT2D eigenvalue weighted by atomic mass is 9.90. The molecule has 0 aliphatic heterocycles. The van der Waals surface area contributed by atoms with E-state index in [-0.39, 0.29) is 30.3 Å². The number of aryl methyl sites for hydroxylation is 1. The highest BCUT2D eigenvalue weighted by molar-refractivity contribution is 5.99. The van der Waals surface area contributed by atoms with Gasteiger partial charge in [-0.2, -0.15) is 0 Å². The van der Waals surface area contributed by atoms with Gasteiger partial charge in [0.2, 0.25) is 5.91 Å². The topological polar surface area (TPSA) is 118 Å². The van der Waals surface area contributed by atoms with Crippen molar-refractivity contribution in [3.05, 3.63) is 65.5 Å². The van der Waals surface area contributed by atoms with E-state index in [0.717, 1.165) is 43.1 Å². The molecule has 1 aliphatic rings. The average Bonchev–Trinajstić information content (AvgIpc) is 2.94. The predicted molar refractivity (Wildman–Crippen MR) is 157 cm³/mol. The van der Waals surface area contributed by atoms with Gasteiger partial charge in [0.25, 0.3) is 5.91 Å². The van der Waals surface area contributed by atoms with Crippen molar-refractivity contribution in [3.8, 4) is 11.5 Å². The number of rotatable bonds is 10. The Kier molecular flexibility index (Phi) is 9.42. The first-order valence-electron chi connectivity index (χ1n) is 13.5. The van der Waals surface area contributed by atoms with Gasteiger partial charge in [-0.25, -0.2) is 9.97 Å². The van der Waals surface area contributed by atoms with Crippen LogP contribution in [-0.2, 0) is 11.2 Å². The Hall–Kier alpha value is -4.34. The molecule has 3 N–H and O–H groups in total. The number of carbonyl (C=O) groups excluding carboxylic acids is 2. The molecule has 0 radical (unpaired) electrons. The Morgan fingerprint density at radius 1 is 0.950 bits per heavy atom. The van der Waals surface area contributed by atoms with Crippen LogP contribution in [-0.4, -0.2) is 62.2 Å². The van der Waals surface area contributed by atoms with E-state index in [1.165, 1.54) is 0 Å². The number of anilines is 3. The number of carbonyl (C=O) groups is 2. The lowest BCUT2D eigenvalue weighted by molar-refractivity contribution is -0.115. The first kappa shape index (κ1) is 28.7. The van der Waals surface area contributed by atoms with E-state index in [9.17, 15) is 9.59 Å². The molecule has 1 heterocycles. The Balaban J connectivity index is 1.33. The van der Waals surface area contributed by atoms with Crippen molar-refractivity contribution in [2.75, 3.05) is 43.8 Å². The number of ether oxygens (including phenoxy) is 2. The molecule has 4 rings (SSSR count). The summed E-state index contributed by atoms with van der Waals surface area (Å²) in [4.78, 5) is 37.1. The molecule has 0 spiro atoms. The van der Waals surface area contributed by atoms with Crippen molar-refractivity contribution in [1.29, 1.82) is 0 Å². The van der Waals surface area contributed by atoms with Gasteiger partial charge in [-0.3, -0.25) is 9.59 Å². The van der Waals surface area contributed by atoms with Gasteiger partial charge in [-0.05, 0) is 56.4 Å². The summed E-state index contributed by atoms with van der Waals surface area (Å²) in [5.41, 5.74) is 1.67. The van der Waals surface area contributed by atoms with E-state index in [4.69, 9.17) is 9.47 Å². The van der Waals surface area contributed by atoms with Crippen LogP contribution >= 0.6 is 0 Å². The monoisotopic (exact) mass is 546 g/mol. The summed E-state index contributed by atoms with van der Waals surface area (Å²) in [5, 5.41) is 9.59. The molecule has 10 heteroatoms. The number of hydrogen-bond donors (Lipinski definition) is 3. The van der Waals surface area contributed by atoms with Gasteiger partial charge in [0, 0.05) is 43.9 Å². The molecule has 1 saturated carbocycles. The van der Waals surface area contributed by atoms with Crippen molar-refractivity contribution >= 4 is 29.1 Å². The number of nitrogens with zero attached hydrogens (tertiary/aromatic N) is 3. The minimum Gasteiger partial charge on any atom is -0.497 e. The van der Waals surface area contributed by atoms with Crippen molar-refractivity contribution in [3.63, 3.8) is 0 Å². The number of amides is 2. The van der Waals surface area contributed by atoms with Gasteiger partial charge in [-0.1, -0.05) is 18.2 Å². The fourth-order valence-corrected chi connectivity index (χ4v) is 4.88. The quantitative estimate of drug-likeness (QED) is 0.346. The van der Waals surface area contributed by atoms with Crippen LogP contribution in [0.3, 0.4) is 0 Å². The van der Waals surface area contributed by atoms with Crippen LogP contribution in [0.2, 0.25) is 0 Å². The summed E-state index contributed by atoms with van der Waals surface area (Å²) < 4.78 is 10.6. The molecule has 0 bridgehead atoms. The highest BCUT2D eigenvalue weighted by atomic mass is 16.5. The molecule has 10 nitrogen and oxygen atoms in total. The van der Waals surface area contributed by atoms with E-state index in [1.807, 2.05) is 50.2 Å². The van der Waals surface area contributed by atoms with Crippen LogP contribution in [0, 0.1) is 6.92 Å². The number of benzene rings is 2. The molecule has 3 aromatic rings. The summed E-state index contributed by atoms with van der Waals surface area (Å²) >= 11 is 0. The van der Waals surface area contributed by atoms with E-state index >= 15 is 0 Å². The minimum atomic E-state index is -0.254. The maximum absolute atomic E-state index is 13.3. The third-order valence-electron chi connectivity index (χ3n) is 6.99. The van der Waals surface area contributed by atoms with E-state index in [2.05, 4.69) is 25.9 Å². The van der Waals surface area contributed by atoms with E-state index in [0.29, 0.717) is 28.3 Å². The maximum Gasteiger partial charge on any atom is 0.251 e. The first-order valence-corrected chi connectivity index (χ1v) is 13.5. The van der Waals surface area contributed by atoms with Crippen LogP contribution in [0.15, 0.2) is 48.5 Å². The molecule has 0 saturated heterocycles. The van der Waals surface area contributed by atoms with Gasteiger partial charge < -0.3 is 30.3 Å². The number of hydrogen-bond acceptors (Lipinski definition) is 8. The smallest absolute Gasteiger partial charge is 0.251 e. The summed E-state index contributed by atoms with van der Waals surface area (Å²) in [6, 6.07) is 14.7. The van der Waals surface area contributed by atoms with Gasteiger partial charge in [0.05, 0.1) is 26.3 Å². The summed E-state index contributed by atoms with van der Waals surface area (Å²) in [6.07, 6.45) is 3.59. The van der Waals surface area contributed by atoms with Crippen molar-refractivity contribution in [2.24, 2.45) is 0 Å². The van der Waals surface area contributed by atoms with Crippen molar-refractivity contribution in [1.82, 2.24) is 15.3 Å². The second kappa shape index (κ2) is 13.1. The fraction of sp³-hybridized carbons (Fsp3) is 0.400. The number of aromatic nitrogens is 2. The first-order chi connectivity index (χ1) is 19.2. The highest BCUT2D eigenvalue weighted by Crippen LogP contribution is 2.29. The minimum absolute atomic E-state index is 0.0495. The van der Waals surface area contributed by atoms with Gasteiger partial charge in [-0.15, -0.1) is 0 Å². The van der Waals surface area contributed by atoms with Crippen LogP contribution in [0.5, 0.6) is 11.5 Å². The van der Waals surface area contributed by atoms with Crippen molar-refractivity contribution < 1.29 is 19.1 Å². The number of methoxy groups -OCH3 is 2. The largest absolute Gasteiger partial charge is 0.497 e.